The lowest BCUT2D eigenvalue weighted by Gasteiger charge is -2.24. The molecule has 0 spiro atoms. The van der Waals surface area contributed by atoms with Crippen molar-refractivity contribution in [2.24, 2.45) is 0 Å². The van der Waals surface area contributed by atoms with E-state index in [2.05, 4.69) is 12.2 Å². The zero-order valence-corrected chi connectivity index (χ0v) is 18.5. The number of ether oxygens (including phenoxy) is 1. The number of hydrogen-bond acceptors (Lipinski definition) is 7. The predicted molar refractivity (Wildman–Crippen MR) is 108 cm³/mol. The number of esters is 1. The van der Waals surface area contributed by atoms with Crippen LogP contribution in [0.25, 0.3) is 0 Å². The minimum Gasteiger partial charge on any atom is -0.458 e. The van der Waals surface area contributed by atoms with Gasteiger partial charge >= 0.3 is 11.9 Å². The van der Waals surface area contributed by atoms with E-state index in [0.717, 1.165) is 25.7 Å². The molecule has 170 valence electrons. The number of nitrogens with one attached hydrogen (secondary N) is 1. The molecular weight excluding hydrogens is 392 g/mol. The maximum Gasteiger partial charge on any atom is 0.333 e. The highest BCUT2D eigenvalue weighted by atomic mass is 16.7. The smallest absolute Gasteiger partial charge is 0.333 e. The largest absolute Gasteiger partial charge is 0.458 e. The average Bonchev–Trinajstić information content (AvgIpc) is 2.95. The van der Waals surface area contributed by atoms with Crippen LogP contribution in [0.4, 0.5) is 0 Å². The van der Waals surface area contributed by atoms with Crippen molar-refractivity contribution in [2.75, 3.05) is 0 Å². The molecule has 0 saturated carbocycles. The average molecular weight is 427 g/mol. The van der Waals surface area contributed by atoms with Crippen LogP contribution in [0, 0.1) is 0 Å². The molecule has 9 nitrogen and oxygen atoms in total. The summed E-state index contributed by atoms with van der Waals surface area (Å²) in [4.78, 5) is 64.6. The first-order valence-electron chi connectivity index (χ1n) is 10.6. The second-order valence-corrected chi connectivity index (χ2v) is 8.40. The molecular formula is C21H34N2O7. The van der Waals surface area contributed by atoms with Gasteiger partial charge in [0.1, 0.15) is 11.6 Å². The van der Waals surface area contributed by atoms with Gasteiger partial charge in [0.05, 0.1) is 6.42 Å². The van der Waals surface area contributed by atoms with E-state index in [9.17, 15) is 24.0 Å². The lowest BCUT2D eigenvalue weighted by atomic mass is 10.1. The standard InChI is InChI=1S/C21H34N2O7/c1-5-6-7-8-9-10-16(24)22-15(20(28)29-21(2,3)4)11-14-19(27)30-23-17(25)12-13-18(23)26/h15H,5-14H2,1-4H3,(H,22,24)/t15-/m0/s1. The van der Waals surface area contributed by atoms with Gasteiger partial charge in [0.2, 0.25) is 5.91 Å². The molecule has 1 aliphatic rings. The molecule has 1 atom stereocenters. The van der Waals surface area contributed by atoms with Gasteiger partial charge in [-0.05, 0) is 33.6 Å². The Morgan fingerprint density at radius 1 is 1.00 bits per heavy atom. The van der Waals surface area contributed by atoms with Crippen molar-refractivity contribution in [1.82, 2.24) is 10.4 Å². The first-order valence-corrected chi connectivity index (χ1v) is 10.6. The second-order valence-electron chi connectivity index (χ2n) is 8.40. The van der Waals surface area contributed by atoms with Crippen LogP contribution in [0.5, 0.6) is 0 Å². The molecule has 1 rings (SSSR count). The maximum atomic E-state index is 12.5. The van der Waals surface area contributed by atoms with Crippen LogP contribution in [0.3, 0.4) is 0 Å². The van der Waals surface area contributed by atoms with Crippen LogP contribution in [-0.4, -0.2) is 46.4 Å². The van der Waals surface area contributed by atoms with E-state index in [4.69, 9.17) is 9.57 Å². The van der Waals surface area contributed by atoms with E-state index >= 15 is 0 Å². The van der Waals surface area contributed by atoms with E-state index in [1.165, 1.54) is 0 Å². The topological polar surface area (TPSA) is 119 Å². The van der Waals surface area contributed by atoms with Crippen molar-refractivity contribution in [3.63, 3.8) is 0 Å². The van der Waals surface area contributed by atoms with Crippen LogP contribution in [0.1, 0.15) is 91.9 Å². The van der Waals surface area contributed by atoms with E-state index in [0.29, 0.717) is 11.5 Å². The van der Waals surface area contributed by atoms with E-state index in [-0.39, 0.29) is 38.0 Å². The molecule has 0 radical (unpaired) electrons. The molecule has 1 saturated heterocycles. The third-order valence-corrected chi connectivity index (χ3v) is 4.37. The Morgan fingerprint density at radius 2 is 1.60 bits per heavy atom. The zero-order valence-electron chi connectivity index (χ0n) is 18.5. The fourth-order valence-electron chi connectivity index (χ4n) is 2.84. The molecule has 0 bridgehead atoms. The Morgan fingerprint density at radius 3 is 2.17 bits per heavy atom. The predicted octanol–water partition coefficient (Wildman–Crippen LogP) is 2.56. The van der Waals surface area contributed by atoms with Gasteiger partial charge in [-0.25, -0.2) is 9.59 Å². The summed E-state index contributed by atoms with van der Waals surface area (Å²) in [5.41, 5.74) is -0.755. The summed E-state index contributed by atoms with van der Waals surface area (Å²) in [6, 6.07) is -1.02. The summed E-state index contributed by atoms with van der Waals surface area (Å²) in [7, 11) is 0. The summed E-state index contributed by atoms with van der Waals surface area (Å²) >= 11 is 0. The van der Waals surface area contributed by atoms with E-state index < -0.39 is 35.4 Å². The first kappa shape index (κ1) is 25.6. The number of rotatable bonds is 12. The quantitative estimate of drug-likeness (QED) is 0.289. The van der Waals surface area contributed by atoms with Crippen LogP contribution in [-0.2, 0) is 33.5 Å². The van der Waals surface area contributed by atoms with Gasteiger partial charge in [0.15, 0.2) is 0 Å². The summed E-state index contributed by atoms with van der Waals surface area (Å²) in [6.45, 7) is 7.22. The van der Waals surface area contributed by atoms with Crippen molar-refractivity contribution in [2.45, 2.75) is 104 Å². The molecule has 3 amide bonds. The van der Waals surface area contributed by atoms with Gasteiger partial charge < -0.3 is 14.9 Å². The zero-order chi connectivity index (χ0) is 22.7. The lowest BCUT2D eigenvalue weighted by Crippen LogP contribution is -2.44. The van der Waals surface area contributed by atoms with Crippen molar-refractivity contribution >= 4 is 29.7 Å². The van der Waals surface area contributed by atoms with Gasteiger partial charge in [0, 0.05) is 19.3 Å². The minimum atomic E-state index is -1.02. The lowest BCUT2D eigenvalue weighted by molar-refractivity contribution is -0.197. The van der Waals surface area contributed by atoms with Gasteiger partial charge in [-0.2, -0.15) is 0 Å². The normalized spacial score (nSPS) is 15.1. The number of unbranched alkanes of at least 4 members (excludes halogenated alkanes) is 4. The van der Waals surface area contributed by atoms with Crippen LogP contribution >= 0.6 is 0 Å². The number of amides is 3. The second kappa shape index (κ2) is 12.3. The monoisotopic (exact) mass is 426 g/mol. The summed E-state index contributed by atoms with van der Waals surface area (Å²) in [6.07, 6.45) is 4.88. The Labute approximate surface area is 177 Å². The fraction of sp³-hybridized carbons (Fsp3) is 0.762. The SMILES string of the molecule is CCCCCCCC(=O)N[C@@H](CCC(=O)ON1C(=O)CCC1=O)C(=O)OC(C)(C)C. The Balaban J connectivity index is 2.59. The Kier molecular flexibility index (Phi) is 10.5. The molecule has 1 heterocycles. The Hall–Kier alpha value is -2.45. The molecule has 1 fully saturated rings. The van der Waals surface area contributed by atoms with E-state index in [1.807, 2.05) is 0 Å². The van der Waals surface area contributed by atoms with Crippen LogP contribution < -0.4 is 5.32 Å². The van der Waals surface area contributed by atoms with Gasteiger partial charge in [-0.3, -0.25) is 14.4 Å². The molecule has 0 aromatic heterocycles. The number of nitrogens with zero attached hydrogens (tertiary/aromatic N) is 1. The van der Waals surface area contributed by atoms with Crippen molar-refractivity contribution in [3.8, 4) is 0 Å². The number of hydrogen-bond donors (Lipinski definition) is 1. The highest BCUT2D eigenvalue weighted by Crippen LogP contribution is 2.15. The van der Waals surface area contributed by atoms with Crippen molar-refractivity contribution in [1.29, 1.82) is 0 Å². The third-order valence-electron chi connectivity index (χ3n) is 4.37. The molecule has 0 aliphatic carbocycles. The highest BCUT2D eigenvalue weighted by Gasteiger charge is 2.33. The molecule has 1 N–H and O–H groups in total. The molecule has 0 aromatic carbocycles. The number of carbonyl (C=O) groups excluding carboxylic acids is 5. The number of imide groups is 1. The van der Waals surface area contributed by atoms with Crippen molar-refractivity contribution in [3.05, 3.63) is 0 Å². The molecule has 9 heteroatoms. The number of carbonyl (C=O) groups is 5. The summed E-state index contributed by atoms with van der Waals surface area (Å²) in [5.74, 6) is -2.92. The highest BCUT2D eigenvalue weighted by molar-refractivity contribution is 6.01. The van der Waals surface area contributed by atoms with Crippen molar-refractivity contribution < 1.29 is 33.5 Å². The molecule has 1 aliphatic heterocycles. The third kappa shape index (κ3) is 9.84. The van der Waals surface area contributed by atoms with Crippen LogP contribution in [0.15, 0.2) is 0 Å². The van der Waals surface area contributed by atoms with Crippen LogP contribution in [0.2, 0.25) is 0 Å². The van der Waals surface area contributed by atoms with Gasteiger partial charge in [-0.1, -0.05) is 32.6 Å². The molecule has 0 aromatic rings. The summed E-state index contributed by atoms with van der Waals surface area (Å²) in [5, 5.41) is 3.09. The van der Waals surface area contributed by atoms with Gasteiger partial charge in [0.25, 0.3) is 11.8 Å². The molecule has 30 heavy (non-hydrogen) atoms. The number of hydroxylamine groups is 2. The minimum absolute atomic E-state index is 0.000953. The first-order chi connectivity index (χ1) is 14.0. The van der Waals surface area contributed by atoms with Gasteiger partial charge in [-0.15, -0.1) is 5.06 Å². The maximum absolute atomic E-state index is 12.5. The van der Waals surface area contributed by atoms with E-state index in [1.54, 1.807) is 20.8 Å². The molecule has 0 unspecified atom stereocenters. The summed E-state index contributed by atoms with van der Waals surface area (Å²) < 4.78 is 5.33. The fourth-order valence-corrected chi connectivity index (χ4v) is 2.84. The Bertz CT molecular complexity index is 624.